The van der Waals surface area contributed by atoms with Crippen LogP contribution in [0.5, 0.6) is 11.5 Å². The summed E-state index contributed by atoms with van der Waals surface area (Å²) < 4.78 is 17.2. The Hall–Kier alpha value is -3.77. The molecule has 3 aromatic carbocycles. The second-order valence-electron chi connectivity index (χ2n) is 8.79. The Kier molecular flexibility index (Phi) is 6.73. The highest BCUT2D eigenvalue weighted by atomic mass is 16.5. The number of fused-ring (bicyclic) bond motifs is 1. The molecule has 1 saturated heterocycles. The van der Waals surface area contributed by atoms with Gasteiger partial charge >= 0.3 is 0 Å². The molecule has 0 N–H and O–H groups in total. The third kappa shape index (κ3) is 4.88. The Morgan fingerprint density at radius 3 is 2.37 bits per heavy atom. The van der Waals surface area contributed by atoms with Gasteiger partial charge in [0.25, 0.3) is 0 Å². The van der Waals surface area contributed by atoms with Gasteiger partial charge in [-0.3, -0.25) is 9.69 Å². The van der Waals surface area contributed by atoms with Crippen molar-refractivity contribution in [2.45, 2.75) is 6.92 Å². The van der Waals surface area contributed by atoms with Crippen LogP contribution in [0.15, 0.2) is 82.2 Å². The molecule has 0 atom stereocenters. The Labute approximate surface area is 205 Å². The summed E-state index contributed by atoms with van der Waals surface area (Å²) in [6, 6.07) is 21.6. The number of aryl methyl sites for hydroxylation is 1. The first kappa shape index (κ1) is 23.0. The molecule has 4 aromatic rings. The van der Waals surface area contributed by atoms with E-state index in [-0.39, 0.29) is 5.43 Å². The number of piperazine rings is 1. The van der Waals surface area contributed by atoms with Crippen molar-refractivity contribution in [2.75, 3.05) is 51.3 Å². The van der Waals surface area contributed by atoms with Crippen LogP contribution in [0.25, 0.3) is 22.1 Å². The van der Waals surface area contributed by atoms with E-state index in [9.17, 15) is 4.79 Å². The fourth-order valence-electron chi connectivity index (χ4n) is 4.60. The standard InChI is InChI=1S/C29H30N2O4/c1-21-27(34-19-18-30-14-16-31(17-15-30)23-6-4-3-5-7-23)13-12-25-28(32)26(20-35-29(21)25)22-8-10-24(33-2)11-9-22/h3-13,20H,14-19H2,1-2H3. The molecule has 2 heterocycles. The summed E-state index contributed by atoms with van der Waals surface area (Å²) >= 11 is 0. The summed E-state index contributed by atoms with van der Waals surface area (Å²) in [5.41, 5.74) is 3.97. The minimum Gasteiger partial charge on any atom is -0.497 e. The Morgan fingerprint density at radius 1 is 0.914 bits per heavy atom. The van der Waals surface area contributed by atoms with Crippen LogP contribution < -0.4 is 19.8 Å². The van der Waals surface area contributed by atoms with Crippen LogP contribution in [0.4, 0.5) is 5.69 Å². The first-order valence-corrected chi connectivity index (χ1v) is 12.0. The summed E-state index contributed by atoms with van der Waals surface area (Å²) in [4.78, 5) is 18.0. The highest BCUT2D eigenvalue weighted by molar-refractivity contribution is 5.85. The molecular formula is C29H30N2O4. The van der Waals surface area contributed by atoms with Crippen molar-refractivity contribution in [1.29, 1.82) is 0 Å². The molecule has 6 heteroatoms. The van der Waals surface area contributed by atoms with Crippen LogP contribution in [0.3, 0.4) is 0 Å². The molecule has 0 saturated carbocycles. The van der Waals surface area contributed by atoms with Crippen LogP contribution in [-0.2, 0) is 0 Å². The summed E-state index contributed by atoms with van der Waals surface area (Å²) in [6.45, 7) is 7.44. The quantitative estimate of drug-likeness (QED) is 0.380. The normalized spacial score (nSPS) is 14.3. The van der Waals surface area contributed by atoms with Crippen molar-refractivity contribution in [1.82, 2.24) is 4.90 Å². The molecule has 0 aliphatic carbocycles. The minimum atomic E-state index is -0.0534. The van der Waals surface area contributed by atoms with Gasteiger partial charge in [-0.05, 0) is 48.9 Å². The molecule has 6 nitrogen and oxygen atoms in total. The van der Waals surface area contributed by atoms with Gasteiger partial charge in [0.2, 0.25) is 5.43 Å². The monoisotopic (exact) mass is 470 g/mol. The SMILES string of the molecule is COc1ccc(-c2coc3c(C)c(OCCN4CCN(c5ccccc5)CC4)ccc3c2=O)cc1. The number of anilines is 1. The predicted molar refractivity (Wildman–Crippen MR) is 140 cm³/mol. The van der Waals surface area contributed by atoms with Crippen molar-refractivity contribution < 1.29 is 13.9 Å². The highest BCUT2D eigenvalue weighted by Gasteiger charge is 2.18. The zero-order valence-corrected chi connectivity index (χ0v) is 20.2. The van der Waals surface area contributed by atoms with Gasteiger partial charge in [-0.25, -0.2) is 0 Å². The molecule has 180 valence electrons. The van der Waals surface area contributed by atoms with Crippen molar-refractivity contribution in [3.63, 3.8) is 0 Å². The summed E-state index contributed by atoms with van der Waals surface area (Å²) in [7, 11) is 1.62. The third-order valence-electron chi connectivity index (χ3n) is 6.70. The molecule has 0 radical (unpaired) electrons. The summed E-state index contributed by atoms with van der Waals surface area (Å²) in [5.74, 6) is 1.50. The Morgan fingerprint density at radius 2 is 1.66 bits per heavy atom. The van der Waals surface area contributed by atoms with E-state index in [2.05, 4.69) is 40.1 Å². The van der Waals surface area contributed by atoms with Crippen LogP contribution >= 0.6 is 0 Å². The van der Waals surface area contributed by atoms with E-state index >= 15 is 0 Å². The topological polar surface area (TPSA) is 55.2 Å². The van der Waals surface area contributed by atoms with Crippen molar-refractivity contribution in [2.24, 2.45) is 0 Å². The molecular weight excluding hydrogens is 440 g/mol. The molecule has 1 aliphatic rings. The lowest BCUT2D eigenvalue weighted by Crippen LogP contribution is -2.47. The maximum absolute atomic E-state index is 13.2. The molecule has 0 unspecified atom stereocenters. The largest absolute Gasteiger partial charge is 0.497 e. The predicted octanol–water partition coefficient (Wildman–Crippen LogP) is 4.98. The lowest BCUT2D eigenvalue weighted by atomic mass is 10.0. The molecule has 0 bridgehead atoms. The summed E-state index contributed by atoms with van der Waals surface area (Å²) in [6.07, 6.45) is 1.54. The molecule has 5 rings (SSSR count). The van der Waals surface area contributed by atoms with Crippen LogP contribution in [0, 0.1) is 6.92 Å². The zero-order chi connectivity index (χ0) is 24.2. The number of ether oxygens (including phenoxy) is 2. The number of hydrogen-bond acceptors (Lipinski definition) is 6. The second-order valence-corrected chi connectivity index (χ2v) is 8.79. The minimum absolute atomic E-state index is 0.0534. The highest BCUT2D eigenvalue weighted by Crippen LogP contribution is 2.28. The van der Waals surface area contributed by atoms with Gasteiger partial charge < -0.3 is 18.8 Å². The van der Waals surface area contributed by atoms with Gasteiger partial charge in [0.05, 0.1) is 18.1 Å². The molecule has 1 aliphatic heterocycles. The number of nitrogens with zero attached hydrogens (tertiary/aromatic N) is 2. The number of methoxy groups -OCH3 is 1. The fourth-order valence-corrected chi connectivity index (χ4v) is 4.60. The first-order valence-electron chi connectivity index (χ1n) is 12.0. The van der Waals surface area contributed by atoms with Gasteiger partial charge in [-0.1, -0.05) is 30.3 Å². The van der Waals surface area contributed by atoms with Crippen molar-refractivity contribution in [3.8, 4) is 22.6 Å². The molecule has 0 amide bonds. The van der Waals surface area contributed by atoms with Gasteiger partial charge in [-0.15, -0.1) is 0 Å². The average molecular weight is 471 g/mol. The van der Waals surface area contributed by atoms with E-state index in [0.29, 0.717) is 23.1 Å². The maximum Gasteiger partial charge on any atom is 0.200 e. The van der Waals surface area contributed by atoms with Crippen LogP contribution in [-0.4, -0.2) is 51.3 Å². The molecule has 0 spiro atoms. The van der Waals surface area contributed by atoms with Gasteiger partial charge in [-0.2, -0.15) is 0 Å². The average Bonchev–Trinajstić information content (AvgIpc) is 2.91. The van der Waals surface area contributed by atoms with Gasteiger partial charge in [0.15, 0.2) is 0 Å². The Balaban J connectivity index is 1.22. The van der Waals surface area contributed by atoms with Crippen molar-refractivity contribution in [3.05, 3.63) is 88.8 Å². The van der Waals surface area contributed by atoms with Crippen LogP contribution in [0.2, 0.25) is 0 Å². The fraction of sp³-hybridized carbons (Fsp3) is 0.276. The van der Waals surface area contributed by atoms with E-state index in [1.165, 1.54) is 12.0 Å². The van der Waals surface area contributed by atoms with Crippen LogP contribution in [0.1, 0.15) is 5.56 Å². The van der Waals surface area contributed by atoms with E-state index in [1.54, 1.807) is 13.2 Å². The second kappa shape index (κ2) is 10.2. The number of rotatable bonds is 7. The van der Waals surface area contributed by atoms with E-state index in [4.69, 9.17) is 13.9 Å². The lowest BCUT2D eigenvalue weighted by Gasteiger charge is -2.36. The lowest BCUT2D eigenvalue weighted by molar-refractivity contribution is 0.200. The maximum atomic E-state index is 13.2. The zero-order valence-electron chi connectivity index (χ0n) is 20.2. The molecule has 1 fully saturated rings. The van der Waals surface area contributed by atoms with E-state index < -0.39 is 0 Å². The van der Waals surface area contributed by atoms with Gasteiger partial charge in [0, 0.05) is 44.0 Å². The molecule has 1 aromatic heterocycles. The number of benzene rings is 3. The first-order chi connectivity index (χ1) is 17.1. The van der Waals surface area contributed by atoms with Gasteiger partial charge in [0.1, 0.15) is 30.0 Å². The van der Waals surface area contributed by atoms with Crippen molar-refractivity contribution >= 4 is 16.7 Å². The third-order valence-corrected chi connectivity index (χ3v) is 6.70. The smallest absolute Gasteiger partial charge is 0.200 e. The summed E-state index contributed by atoms with van der Waals surface area (Å²) in [5, 5.41) is 0.556. The number of hydrogen-bond donors (Lipinski definition) is 0. The van der Waals surface area contributed by atoms with E-state index in [1.807, 2.05) is 37.3 Å². The molecule has 35 heavy (non-hydrogen) atoms. The van der Waals surface area contributed by atoms with E-state index in [0.717, 1.165) is 55.3 Å². The number of para-hydroxylation sites is 1. The Bertz CT molecular complexity index is 1340.